The van der Waals surface area contributed by atoms with Crippen molar-refractivity contribution in [3.8, 4) is 5.75 Å². The third kappa shape index (κ3) is 4.21. The summed E-state index contributed by atoms with van der Waals surface area (Å²) in [6.45, 7) is 7.06. The minimum Gasteiger partial charge on any atom is -0.494 e. The predicted molar refractivity (Wildman–Crippen MR) is 88.7 cm³/mol. The van der Waals surface area contributed by atoms with Gasteiger partial charge in [-0.15, -0.1) is 0 Å². The Kier molecular flexibility index (Phi) is 6.52. The van der Waals surface area contributed by atoms with Crippen molar-refractivity contribution in [1.82, 2.24) is 4.90 Å². The lowest BCUT2D eigenvalue weighted by Gasteiger charge is -2.41. The van der Waals surface area contributed by atoms with Gasteiger partial charge < -0.3 is 10.5 Å². The Bertz CT molecular complexity index is 404. The molecule has 0 aromatic heterocycles. The Labute approximate surface area is 129 Å². The van der Waals surface area contributed by atoms with E-state index in [1.807, 2.05) is 0 Å². The van der Waals surface area contributed by atoms with Crippen molar-refractivity contribution in [3.63, 3.8) is 0 Å². The molecule has 118 valence electrons. The SMILES string of the molecule is CCCOc1ccc(C(CN)N2CCCCC2CC)cc1. The van der Waals surface area contributed by atoms with E-state index in [0.29, 0.717) is 18.6 Å². The second kappa shape index (κ2) is 8.40. The molecule has 0 bridgehead atoms. The molecule has 1 aliphatic heterocycles. The second-order valence-corrected chi connectivity index (χ2v) is 5.96. The molecule has 1 aliphatic rings. The van der Waals surface area contributed by atoms with E-state index in [0.717, 1.165) is 18.8 Å². The van der Waals surface area contributed by atoms with Crippen LogP contribution in [-0.4, -0.2) is 30.6 Å². The molecule has 21 heavy (non-hydrogen) atoms. The number of rotatable bonds is 7. The van der Waals surface area contributed by atoms with Crippen LogP contribution in [0.2, 0.25) is 0 Å². The number of hydrogen-bond acceptors (Lipinski definition) is 3. The van der Waals surface area contributed by atoms with Crippen LogP contribution in [0.15, 0.2) is 24.3 Å². The number of ether oxygens (including phenoxy) is 1. The van der Waals surface area contributed by atoms with Crippen molar-refractivity contribution in [2.75, 3.05) is 19.7 Å². The third-order valence-corrected chi connectivity index (χ3v) is 4.51. The largest absolute Gasteiger partial charge is 0.494 e. The first-order valence-electron chi connectivity index (χ1n) is 8.48. The Morgan fingerprint density at radius 3 is 2.62 bits per heavy atom. The number of piperidine rings is 1. The molecule has 1 aromatic rings. The Balaban J connectivity index is 2.08. The fraction of sp³-hybridized carbons (Fsp3) is 0.667. The normalized spacial score (nSPS) is 21.2. The summed E-state index contributed by atoms with van der Waals surface area (Å²) in [5, 5.41) is 0. The van der Waals surface area contributed by atoms with E-state index in [4.69, 9.17) is 10.5 Å². The number of hydrogen-bond donors (Lipinski definition) is 1. The summed E-state index contributed by atoms with van der Waals surface area (Å²) in [4.78, 5) is 2.62. The highest BCUT2D eigenvalue weighted by Crippen LogP contribution is 2.30. The molecule has 0 radical (unpaired) electrons. The number of likely N-dealkylation sites (tertiary alicyclic amines) is 1. The van der Waals surface area contributed by atoms with Gasteiger partial charge in [0.25, 0.3) is 0 Å². The monoisotopic (exact) mass is 290 g/mol. The predicted octanol–water partition coefficient (Wildman–Crippen LogP) is 3.74. The highest BCUT2D eigenvalue weighted by Gasteiger charge is 2.27. The number of nitrogens with zero attached hydrogens (tertiary/aromatic N) is 1. The van der Waals surface area contributed by atoms with E-state index >= 15 is 0 Å². The van der Waals surface area contributed by atoms with Gasteiger partial charge in [-0.3, -0.25) is 4.90 Å². The van der Waals surface area contributed by atoms with Crippen LogP contribution in [0, 0.1) is 0 Å². The fourth-order valence-corrected chi connectivity index (χ4v) is 3.34. The Morgan fingerprint density at radius 2 is 2.00 bits per heavy atom. The summed E-state index contributed by atoms with van der Waals surface area (Å²) in [6.07, 6.45) is 6.22. The van der Waals surface area contributed by atoms with Gasteiger partial charge in [0.15, 0.2) is 0 Å². The Hall–Kier alpha value is -1.06. The van der Waals surface area contributed by atoms with E-state index in [1.54, 1.807) is 0 Å². The van der Waals surface area contributed by atoms with Gasteiger partial charge in [-0.05, 0) is 49.9 Å². The van der Waals surface area contributed by atoms with E-state index in [-0.39, 0.29) is 0 Å². The van der Waals surface area contributed by atoms with Crippen molar-refractivity contribution in [1.29, 1.82) is 0 Å². The summed E-state index contributed by atoms with van der Waals surface area (Å²) in [5.74, 6) is 0.960. The maximum absolute atomic E-state index is 6.10. The lowest BCUT2D eigenvalue weighted by molar-refractivity contribution is 0.0949. The van der Waals surface area contributed by atoms with Crippen molar-refractivity contribution in [2.24, 2.45) is 5.73 Å². The average Bonchev–Trinajstić information content (AvgIpc) is 2.55. The molecule has 2 unspecified atom stereocenters. The molecule has 2 N–H and O–H groups in total. The van der Waals surface area contributed by atoms with Crippen LogP contribution < -0.4 is 10.5 Å². The molecule has 3 heteroatoms. The lowest BCUT2D eigenvalue weighted by atomic mass is 9.95. The summed E-state index contributed by atoms with van der Waals surface area (Å²) in [7, 11) is 0. The summed E-state index contributed by atoms with van der Waals surface area (Å²) in [5.41, 5.74) is 7.42. The van der Waals surface area contributed by atoms with Gasteiger partial charge in [0, 0.05) is 18.6 Å². The van der Waals surface area contributed by atoms with Gasteiger partial charge in [0.1, 0.15) is 5.75 Å². The van der Waals surface area contributed by atoms with Crippen LogP contribution in [0.3, 0.4) is 0 Å². The maximum Gasteiger partial charge on any atom is 0.119 e. The molecule has 0 amide bonds. The quantitative estimate of drug-likeness (QED) is 0.831. The molecular formula is C18H30N2O. The van der Waals surface area contributed by atoms with E-state index in [1.165, 1.54) is 37.8 Å². The zero-order valence-corrected chi connectivity index (χ0v) is 13.6. The molecule has 0 aliphatic carbocycles. The van der Waals surface area contributed by atoms with Crippen LogP contribution in [0.25, 0.3) is 0 Å². The van der Waals surface area contributed by atoms with Crippen LogP contribution in [-0.2, 0) is 0 Å². The van der Waals surface area contributed by atoms with Crippen molar-refractivity contribution < 1.29 is 4.74 Å². The summed E-state index contributed by atoms with van der Waals surface area (Å²) in [6, 6.07) is 9.56. The molecule has 0 spiro atoms. The highest BCUT2D eigenvalue weighted by atomic mass is 16.5. The zero-order valence-electron chi connectivity index (χ0n) is 13.6. The molecule has 0 saturated carbocycles. The first kappa shape index (κ1) is 16.3. The highest BCUT2D eigenvalue weighted by molar-refractivity contribution is 5.29. The minimum atomic E-state index is 0.343. The average molecular weight is 290 g/mol. The molecule has 3 nitrogen and oxygen atoms in total. The molecule has 1 fully saturated rings. The van der Waals surface area contributed by atoms with Gasteiger partial charge in [-0.1, -0.05) is 32.4 Å². The Morgan fingerprint density at radius 1 is 1.24 bits per heavy atom. The van der Waals surface area contributed by atoms with Crippen LogP contribution in [0.5, 0.6) is 5.75 Å². The maximum atomic E-state index is 6.10. The molecule has 1 heterocycles. The van der Waals surface area contributed by atoms with Crippen molar-refractivity contribution in [2.45, 2.75) is 58.0 Å². The first-order chi connectivity index (χ1) is 10.3. The van der Waals surface area contributed by atoms with Gasteiger partial charge in [-0.2, -0.15) is 0 Å². The molecule has 1 aromatic carbocycles. The van der Waals surface area contributed by atoms with Gasteiger partial charge in [0.05, 0.1) is 6.61 Å². The second-order valence-electron chi connectivity index (χ2n) is 5.96. The zero-order chi connectivity index (χ0) is 15.1. The smallest absolute Gasteiger partial charge is 0.119 e. The third-order valence-electron chi connectivity index (χ3n) is 4.51. The van der Waals surface area contributed by atoms with Gasteiger partial charge in [-0.25, -0.2) is 0 Å². The van der Waals surface area contributed by atoms with Crippen molar-refractivity contribution >= 4 is 0 Å². The molecule has 2 rings (SSSR count). The van der Waals surface area contributed by atoms with E-state index in [2.05, 4.69) is 43.0 Å². The molecule has 1 saturated heterocycles. The lowest BCUT2D eigenvalue weighted by Crippen LogP contribution is -2.44. The van der Waals surface area contributed by atoms with Gasteiger partial charge in [0.2, 0.25) is 0 Å². The van der Waals surface area contributed by atoms with Crippen LogP contribution in [0.1, 0.15) is 57.6 Å². The van der Waals surface area contributed by atoms with Crippen molar-refractivity contribution in [3.05, 3.63) is 29.8 Å². The van der Waals surface area contributed by atoms with E-state index < -0.39 is 0 Å². The van der Waals surface area contributed by atoms with Crippen LogP contribution in [0.4, 0.5) is 0 Å². The standard InChI is InChI=1S/C18H30N2O/c1-3-13-21-17-10-8-15(9-11-17)18(14-19)20-12-6-5-7-16(20)4-2/h8-11,16,18H,3-7,12-14,19H2,1-2H3. The van der Waals surface area contributed by atoms with Gasteiger partial charge >= 0.3 is 0 Å². The summed E-state index contributed by atoms with van der Waals surface area (Å²) >= 11 is 0. The topological polar surface area (TPSA) is 38.5 Å². The molecule has 2 atom stereocenters. The number of nitrogens with two attached hydrogens (primary N) is 1. The molecular weight excluding hydrogens is 260 g/mol. The summed E-state index contributed by atoms with van der Waals surface area (Å²) < 4.78 is 5.67. The first-order valence-corrected chi connectivity index (χ1v) is 8.48. The minimum absolute atomic E-state index is 0.343. The number of benzene rings is 1. The van der Waals surface area contributed by atoms with Crippen LogP contribution >= 0.6 is 0 Å². The fourth-order valence-electron chi connectivity index (χ4n) is 3.34. The van der Waals surface area contributed by atoms with E-state index in [9.17, 15) is 0 Å².